The lowest BCUT2D eigenvalue weighted by molar-refractivity contribution is 0.415. The highest BCUT2D eigenvalue weighted by Gasteiger charge is 2.11. The maximum atomic E-state index is 5.26. The molecule has 130 valence electrons. The van der Waals surface area contributed by atoms with Gasteiger partial charge in [0.2, 0.25) is 0 Å². The SMILES string of the molecule is COc1ccc(-n2cnc3c(-c4cccc(C(C)C)c4)cccc32)cc1. The zero-order valence-electron chi connectivity index (χ0n) is 15.3. The molecule has 0 aliphatic carbocycles. The van der Waals surface area contributed by atoms with Crippen molar-refractivity contribution in [2.24, 2.45) is 0 Å². The van der Waals surface area contributed by atoms with Gasteiger partial charge in [-0.1, -0.05) is 50.2 Å². The molecule has 1 aromatic heterocycles. The number of benzene rings is 3. The van der Waals surface area contributed by atoms with Crippen molar-refractivity contribution >= 4 is 11.0 Å². The molecule has 0 saturated heterocycles. The molecule has 3 nitrogen and oxygen atoms in total. The van der Waals surface area contributed by atoms with Crippen molar-refractivity contribution < 1.29 is 4.74 Å². The van der Waals surface area contributed by atoms with E-state index < -0.39 is 0 Å². The van der Waals surface area contributed by atoms with E-state index in [1.54, 1.807) is 7.11 Å². The molecule has 26 heavy (non-hydrogen) atoms. The van der Waals surface area contributed by atoms with E-state index in [4.69, 9.17) is 9.72 Å². The van der Waals surface area contributed by atoms with Crippen molar-refractivity contribution in [3.8, 4) is 22.6 Å². The van der Waals surface area contributed by atoms with E-state index >= 15 is 0 Å². The third-order valence-electron chi connectivity index (χ3n) is 4.79. The van der Waals surface area contributed by atoms with Crippen LogP contribution in [0.5, 0.6) is 5.75 Å². The maximum absolute atomic E-state index is 5.26. The first kappa shape index (κ1) is 16.4. The molecule has 0 amide bonds. The fourth-order valence-electron chi connectivity index (χ4n) is 3.29. The first-order valence-electron chi connectivity index (χ1n) is 8.88. The molecule has 0 radical (unpaired) electrons. The van der Waals surface area contributed by atoms with Gasteiger partial charge in [-0.25, -0.2) is 4.98 Å². The zero-order chi connectivity index (χ0) is 18.1. The van der Waals surface area contributed by atoms with Crippen LogP contribution in [0.3, 0.4) is 0 Å². The van der Waals surface area contributed by atoms with E-state index in [0.29, 0.717) is 5.92 Å². The normalized spacial score (nSPS) is 11.2. The number of rotatable bonds is 4. The lowest BCUT2D eigenvalue weighted by Crippen LogP contribution is -1.92. The van der Waals surface area contributed by atoms with Crippen LogP contribution in [-0.4, -0.2) is 16.7 Å². The Balaban J connectivity index is 1.84. The largest absolute Gasteiger partial charge is 0.497 e. The van der Waals surface area contributed by atoms with Gasteiger partial charge in [0.05, 0.1) is 18.1 Å². The fourth-order valence-corrected chi connectivity index (χ4v) is 3.29. The molecule has 1 heterocycles. The molecule has 0 spiro atoms. The number of hydrogen-bond acceptors (Lipinski definition) is 2. The number of methoxy groups -OCH3 is 1. The minimum atomic E-state index is 0.506. The van der Waals surface area contributed by atoms with E-state index in [1.807, 2.05) is 30.6 Å². The summed E-state index contributed by atoms with van der Waals surface area (Å²) in [7, 11) is 1.68. The smallest absolute Gasteiger partial charge is 0.119 e. The molecular weight excluding hydrogens is 320 g/mol. The summed E-state index contributed by atoms with van der Waals surface area (Å²) in [6.07, 6.45) is 1.89. The molecule has 0 unspecified atom stereocenters. The molecule has 0 saturated carbocycles. The third-order valence-corrected chi connectivity index (χ3v) is 4.79. The summed E-state index contributed by atoms with van der Waals surface area (Å²) in [5, 5.41) is 0. The van der Waals surface area contributed by atoms with Crippen LogP contribution >= 0.6 is 0 Å². The van der Waals surface area contributed by atoms with Crippen molar-refractivity contribution in [1.82, 2.24) is 9.55 Å². The van der Waals surface area contributed by atoms with E-state index in [2.05, 4.69) is 60.9 Å². The standard InChI is InChI=1S/C23H22N2O/c1-16(2)17-6-4-7-18(14-17)21-8-5-9-22-23(21)24-15-25(22)19-10-12-20(26-3)13-11-19/h4-16H,1-3H3. The van der Waals surface area contributed by atoms with Crippen LogP contribution in [0.25, 0.3) is 27.8 Å². The zero-order valence-corrected chi connectivity index (χ0v) is 15.3. The lowest BCUT2D eigenvalue weighted by atomic mass is 9.97. The van der Waals surface area contributed by atoms with Crippen LogP contribution in [0.1, 0.15) is 25.3 Å². The van der Waals surface area contributed by atoms with Crippen LogP contribution in [0.2, 0.25) is 0 Å². The summed E-state index contributed by atoms with van der Waals surface area (Å²) >= 11 is 0. The number of fused-ring (bicyclic) bond motifs is 1. The third kappa shape index (κ3) is 2.86. The predicted molar refractivity (Wildman–Crippen MR) is 107 cm³/mol. The Morgan fingerprint density at radius 1 is 0.923 bits per heavy atom. The molecule has 4 rings (SSSR count). The van der Waals surface area contributed by atoms with Crippen LogP contribution in [0, 0.1) is 0 Å². The summed E-state index contributed by atoms with van der Waals surface area (Å²) in [5.41, 5.74) is 6.90. The van der Waals surface area contributed by atoms with Crippen molar-refractivity contribution in [3.05, 3.63) is 78.6 Å². The molecule has 0 aliphatic rings. The molecule has 0 aliphatic heterocycles. The van der Waals surface area contributed by atoms with E-state index in [9.17, 15) is 0 Å². The van der Waals surface area contributed by atoms with Gasteiger partial charge in [-0.2, -0.15) is 0 Å². The molecule has 0 bridgehead atoms. The quantitative estimate of drug-likeness (QED) is 0.467. The predicted octanol–water partition coefficient (Wildman–Crippen LogP) is 5.82. The topological polar surface area (TPSA) is 27.1 Å². The maximum Gasteiger partial charge on any atom is 0.119 e. The Kier molecular flexibility index (Phi) is 4.21. The molecule has 4 aromatic rings. The van der Waals surface area contributed by atoms with Crippen LogP contribution < -0.4 is 4.74 Å². The fraction of sp³-hybridized carbons (Fsp3) is 0.174. The summed E-state index contributed by atoms with van der Waals surface area (Å²) in [6.45, 7) is 4.44. The minimum Gasteiger partial charge on any atom is -0.497 e. The Bertz CT molecular complexity index is 1050. The van der Waals surface area contributed by atoms with E-state index in [-0.39, 0.29) is 0 Å². The molecule has 0 atom stereocenters. The van der Waals surface area contributed by atoms with Gasteiger partial charge in [0.1, 0.15) is 12.1 Å². The first-order valence-corrected chi connectivity index (χ1v) is 8.88. The van der Waals surface area contributed by atoms with Gasteiger partial charge in [0, 0.05) is 11.3 Å². The summed E-state index contributed by atoms with van der Waals surface area (Å²) in [5.74, 6) is 1.36. The van der Waals surface area contributed by atoms with Crippen molar-refractivity contribution in [2.45, 2.75) is 19.8 Å². The summed E-state index contributed by atoms with van der Waals surface area (Å²) in [4.78, 5) is 4.72. The van der Waals surface area contributed by atoms with Crippen LogP contribution in [0.4, 0.5) is 0 Å². The average Bonchev–Trinajstić information content (AvgIpc) is 3.12. The highest BCUT2D eigenvalue weighted by molar-refractivity contribution is 5.93. The number of aromatic nitrogens is 2. The Morgan fingerprint density at radius 3 is 2.42 bits per heavy atom. The van der Waals surface area contributed by atoms with E-state index in [1.165, 1.54) is 11.1 Å². The highest BCUT2D eigenvalue weighted by atomic mass is 16.5. The Morgan fingerprint density at radius 2 is 1.69 bits per heavy atom. The van der Waals surface area contributed by atoms with Crippen LogP contribution in [0.15, 0.2) is 73.1 Å². The number of imidazole rings is 1. The molecule has 0 N–H and O–H groups in total. The Hall–Kier alpha value is -3.07. The van der Waals surface area contributed by atoms with Gasteiger partial charge in [-0.05, 0) is 47.4 Å². The van der Waals surface area contributed by atoms with Crippen molar-refractivity contribution in [3.63, 3.8) is 0 Å². The second kappa shape index (κ2) is 6.68. The van der Waals surface area contributed by atoms with Gasteiger partial charge < -0.3 is 4.74 Å². The second-order valence-electron chi connectivity index (χ2n) is 6.77. The Labute approximate surface area is 153 Å². The number of para-hydroxylation sites is 1. The van der Waals surface area contributed by atoms with Crippen molar-refractivity contribution in [1.29, 1.82) is 0 Å². The highest BCUT2D eigenvalue weighted by Crippen LogP contribution is 2.31. The molecule has 3 aromatic carbocycles. The average molecular weight is 342 g/mol. The van der Waals surface area contributed by atoms with E-state index in [0.717, 1.165) is 28.0 Å². The summed E-state index contributed by atoms with van der Waals surface area (Å²) in [6, 6.07) is 23.1. The first-order chi connectivity index (χ1) is 12.7. The molecule has 0 fully saturated rings. The van der Waals surface area contributed by atoms with Gasteiger partial charge >= 0.3 is 0 Å². The molecular formula is C23H22N2O. The number of hydrogen-bond donors (Lipinski definition) is 0. The molecule has 3 heteroatoms. The van der Waals surface area contributed by atoms with Crippen molar-refractivity contribution in [2.75, 3.05) is 7.11 Å². The second-order valence-corrected chi connectivity index (χ2v) is 6.77. The monoisotopic (exact) mass is 342 g/mol. The van der Waals surface area contributed by atoms with Gasteiger partial charge in [-0.15, -0.1) is 0 Å². The van der Waals surface area contributed by atoms with Gasteiger partial charge in [-0.3, -0.25) is 4.57 Å². The number of nitrogens with zero attached hydrogens (tertiary/aromatic N) is 2. The number of ether oxygens (including phenoxy) is 1. The van der Waals surface area contributed by atoms with Gasteiger partial charge in [0.25, 0.3) is 0 Å². The van der Waals surface area contributed by atoms with Gasteiger partial charge in [0.15, 0.2) is 0 Å². The summed E-state index contributed by atoms with van der Waals surface area (Å²) < 4.78 is 7.37. The minimum absolute atomic E-state index is 0.506. The lowest BCUT2D eigenvalue weighted by Gasteiger charge is -2.10. The van der Waals surface area contributed by atoms with Crippen LogP contribution in [-0.2, 0) is 0 Å².